The lowest BCUT2D eigenvalue weighted by Gasteiger charge is -2.32. The van der Waals surface area contributed by atoms with Gasteiger partial charge in [-0.15, -0.1) is 0 Å². The van der Waals surface area contributed by atoms with Crippen LogP contribution in [0, 0.1) is 6.92 Å². The van der Waals surface area contributed by atoms with Crippen LogP contribution in [0.4, 0.5) is 0 Å². The lowest BCUT2D eigenvalue weighted by atomic mass is 9.85. The molecule has 1 aliphatic rings. The van der Waals surface area contributed by atoms with Crippen molar-refractivity contribution in [1.82, 2.24) is 10.2 Å². The van der Waals surface area contributed by atoms with E-state index in [0.29, 0.717) is 19.5 Å². The van der Waals surface area contributed by atoms with Gasteiger partial charge in [-0.2, -0.15) is 0 Å². The Kier molecular flexibility index (Phi) is 7.94. The van der Waals surface area contributed by atoms with Crippen molar-refractivity contribution in [2.45, 2.75) is 64.8 Å². The summed E-state index contributed by atoms with van der Waals surface area (Å²) in [4.78, 5) is 26.9. The molecule has 3 rings (SSSR count). The van der Waals surface area contributed by atoms with Crippen LogP contribution in [-0.2, 0) is 21.4 Å². The molecular formula is C27H36N2O3. The Morgan fingerprint density at radius 3 is 2.41 bits per heavy atom. The Balaban J connectivity index is 1.42. The zero-order chi connectivity index (χ0) is 23.1. The first-order chi connectivity index (χ1) is 15.2. The monoisotopic (exact) mass is 436 g/mol. The first-order valence-electron chi connectivity index (χ1n) is 11.6. The van der Waals surface area contributed by atoms with Gasteiger partial charge in [0.25, 0.3) is 5.91 Å². The molecule has 1 N–H and O–H groups in total. The normalized spacial score (nSPS) is 14.8. The van der Waals surface area contributed by atoms with Crippen LogP contribution < -0.4 is 10.1 Å². The molecule has 1 fully saturated rings. The van der Waals surface area contributed by atoms with E-state index in [9.17, 15) is 9.59 Å². The quantitative estimate of drug-likeness (QED) is 0.699. The summed E-state index contributed by atoms with van der Waals surface area (Å²) in [6, 6.07) is 16.3. The predicted molar refractivity (Wildman–Crippen MR) is 128 cm³/mol. The summed E-state index contributed by atoms with van der Waals surface area (Å²) in [5, 5.41) is 3.07. The van der Waals surface area contributed by atoms with Gasteiger partial charge in [0.2, 0.25) is 5.91 Å². The molecule has 2 aromatic carbocycles. The number of rotatable bonds is 7. The highest BCUT2D eigenvalue weighted by Crippen LogP contribution is 2.32. The van der Waals surface area contributed by atoms with Gasteiger partial charge < -0.3 is 15.0 Å². The largest absolute Gasteiger partial charge is 0.483 e. The molecule has 1 aliphatic heterocycles. The van der Waals surface area contributed by atoms with Crippen molar-refractivity contribution in [3.63, 3.8) is 0 Å². The SMILES string of the molecule is Cc1ccc(OCC(=O)NC2CCN(C(=O)CCc3ccccc3)CC2)c(C(C)(C)C)c1. The van der Waals surface area contributed by atoms with Crippen LogP contribution in [0.5, 0.6) is 5.75 Å². The molecule has 0 aliphatic carbocycles. The number of hydrogen-bond acceptors (Lipinski definition) is 3. The standard InChI is InChI=1S/C27H36N2O3/c1-20-10-12-24(23(18-20)27(2,3)4)32-19-25(30)28-22-14-16-29(17-15-22)26(31)13-11-21-8-6-5-7-9-21/h5-10,12,18,22H,11,13-17,19H2,1-4H3,(H,28,30). The van der Waals surface area contributed by atoms with Crippen molar-refractivity contribution >= 4 is 11.8 Å². The molecular weight excluding hydrogens is 400 g/mol. The summed E-state index contributed by atoms with van der Waals surface area (Å²) < 4.78 is 5.88. The van der Waals surface area contributed by atoms with Crippen LogP contribution in [-0.4, -0.2) is 42.5 Å². The summed E-state index contributed by atoms with van der Waals surface area (Å²) in [5.74, 6) is 0.840. The fourth-order valence-electron chi connectivity index (χ4n) is 4.10. The van der Waals surface area contributed by atoms with Crippen molar-refractivity contribution in [3.8, 4) is 5.75 Å². The van der Waals surface area contributed by atoms with Gasteiger partial charge in [-0.3, -0.25) is 9.59 Å². The fraction of sp³-hybridized carbons (Fsp3) is 0.481. The number of nitrogens with one attached hydrogen (secondary N) is 1. The predicted octanol–water partition coefficient (Wildman–Crippen LogP) is 4.41. The van der Waals surface area contributed by atoms with Crippen LogP contribution in [0.15, 0.2) is 48.5 Å². The number of piperidine rings is 1. The van der Waals surface area contributed by atoms with Gasteiger partial charge in [0.05, 0.1) is 0 Å². The smallest absolute Gasteiger partial charge is 0.258 e. The summed E-state index contributed by atoms with van der Waals surface area (Å²) in [6.07, 6.45) is 2.85. The van der Waals surface area contributed by atoms with Crippen molar-refractivity contribution in [3.05, 3.63) is 65.2 Å². The Labute approximate surface area is 192 Å². The zero-order valence-electron chi connectivity index (χ0n) is 19.8. The summed E-state index contributed by atoms with van der Waals surface area (Å²) in [7, 11) is 0. The second kappa shape index (κ2) is 10.7. The number of likely N-dealkylation sites (tertiary alicyclic amines) is 1. The molecule has 1 heterocycles. The molecule has 5 nitrogen and oxygen atoms in total. The molecule has 5 heteroatoms. The molecule has 0 bridgehead atoms. The first kappa shape index (κ1) is 23.8. The third-order valence-corrected chi connectivity index (χ3v) is 5.98. The van der Waals surface area contributed by atoms with E-state index >= 15 is 0 Å². The number of amides is 2. The minimum absolute atomic E-state index is 0.00234. The molecule has 2 aromatic rings. The van der Waals surface area contributed by atoms with E-state index in [0.717, 1.165) is 30.6 Å². The maximum Gasteiger partial charge on any atom is 0.258 e. The Morgan fingerprint density at radius 2 is 1.75 bits per heavy atom. The van der Waals surface area contributed by atoms with Gasteiger partial charge in [-0.1, -0.05) is 68.8 Å². The number of carbonyl (C=O) groups is 2. The minimum atomic E-state index is -0.112. The van der Waals surface area contributed by atoms with Gasteiger partial charge in [0.1, 0.15) is 5.75 Å². The number of aryl methyl sites for hydroxylation is 2. The van der Waals surface area contributed by atoms with E-state index in [1.165, 1.54) is 11.1 Å². The molecule has 0 aromatic heterocycles. The summed E-state index contributed by atoms with van der Waals surface area (Å²) >= 11 is 0. The molecule has 0 atom stereocenters. The maximum atomic E-state index is 12.5. The third-order valence-electron chi connectivity index (χ3n) is 5.98. The topological polar surface area (TPSA) is 58.6 Å². The van der Waals surface area contributed by atoms with Crippen LogP contribution in [0.25, 0.3) is 0 Å². The van der Waals surface area contributed by atoms with Crippen molar-refractivity contribution < 1.29 is 14.3 Å². The van der Waals surface area contributed by atoms with E-state index in [4.69, 9.17) is 4.74 Å². The molecule has 0 spiro atoms. The first-order valence-corrected chi connectivity index (χ1v) is 11.6. The van der Waals surface area contributed by atoms with Gasteiger partial charge in [-0.05, 0) is 48.8 Å². The number of nitrogens with zero attached hydrogens (tertiary/aromatic N) is 1. The maximum absolute atomic E-state index is 12.5. The summed E-state index contributed by atoms with van der Waals surface area (Å²) in [5.41, 5.74) is 3.41. The molecule has 0 radical (unpaired) electrons. The fourth-order valence-corrected chi connectivity index (χ4v) is 4.10. The molecule has 172 valence electrons. The highest BCUT2D eigenvalue weighted by Gasteiger charge is 2.24. The lowest BCUT2D eigenvalue weighted by molar-refractivity contribution is -0.132. The average molecular weight is 437 g/mol. The van der Waals surface area contributed by atoms with E-state index in [2.05, 4.69) is 51.2 Å². The Morgan fingerprint density at radius 1 is 1.06 bits per heavy atom. The van der Waals surface area contributed by atoms with E-state index < -0.39 is 0 Å². The zero-order valence-corrected chi connectivity index (χ0v) is 19.8. The lowest BCUT2D eigenvalue weighted by Crippen LogP contribution is -2.47. The minimum Gasteiger partial charge on any atom is -0.483 e. The van der Waals surface area contributed by atoms with Crippen LogP contribution in [0.3, 0.4) is 0 Å². The van der Waals surface area contributed by atoms with Crippen LogP contribution >= 0.6 is 0 Å². The van der Waals surface area contributed by atoms with E-state index in [1.807, 2.05) is 35.2 Å². The number of carbonyl (C=O) groups excluding carboxylic acids is 2. The highest BCUT2D eigenvalue weighted by atomic mass is 16.5. The van der Waals surface area contributed by atoms with Crippen LogP contribution in [0.2, 0.25) is 0 Å². The number of hydrogen-bond donors (Lipinski definition) is 1. The van der Waals surface area contributed by atoms with E-state index in [1.54, 1.807) is 0 Å². The van der Waals surface area contributed by atoms with E-state index in [-0.39, 0.29) is 29.9 Å². The molecule has 1 saturated heterocycles. The van der Waals surface area contributed by atoms with Crippen molar-refractivity contribution in [2.75, 3.05) is 19.7 Å². The van der Waals surface area contributed by atoms with Gasteiger partial charge in [0.15, 0.2) is 6.61 Å². The van der Waals surface area contributed by atoms with Gasteiger partial charge in [-0.25, -0.2) is 0 Å². The molecule has 0 unspecified atom stereocenters. The Bertz CT molecular complexity index is 910. The van der Waals surface area contributed by atoms with Crippen molar-refractivity contribution in [1.29, 1.82) is 0 Å². The highest BCUT2D eigenvalue weighted by molar-refractivity contribution is 5.78. The van der Waals surface area contributed by atoms with Crippen molar-refractivity contribution in [2.24, 2.45) is 0 Å². The second-order valence-corrected chi connectivity index (χ2v) is 9.75. The third kappa shape index (κ3) is 6.84. The Hall–Kier alpha value is -2.82. The van der Waals surface area contributed by atoms with Gasteiger partial charge >= 0.3 is 0 Å². The average Bonchev–Trinajstić information content (AvgIpc) is 2.77. The molecule has 32 heavy (non-hydrogen) atoms. The molecule has 0 saturated carbocycles. The summed E-state index contributed by atoms with van der Waals surface area (Å²) in [6.45, 7) is 9.86. The van der Waals surface area contributed by atoms with Gasteiger partial charge in [0, 0.05) is 25.6 Å². The number of benzene rings is 2. The molecule has 2 amide bonds. The number of ether oxygens (including phenoxy) is 1. The second-order valence-electron chi connectivity index (χ2n) is 9.75. The van der Waals surface area contributed by atoms with Crippen LogP contribution in [0.1, 0.15) is 56.7 Å².